The van der Waals surface area contributed by atoms with Crippen LogP contribution in [0.1, 0.15) is 18.9 Å². The first-order chi connectivity index (χ1) is 7.99. The molecule has 0 spiro atoms. The molecule has 1 aromatic rings. The minimum atomic E-state index is -0.906. The summed E-state index contributed by atoms with van der Waals surface area (Å²) < 4.78 is 11.2. The van der Waals surface area contributed by atoms with Gasteiger partial charge in [-0.05, 0) is 38.1 Å². The van der Waals surface area contributed by atoms with E-state index in [1.54, 1.807) is 13.2 Å². The predicted octanol–water partition coefficient (Wildman–Crippen LogP) is 1.63. The van der Waals surface area contributed by atoms with Gasteiger partial charge in [-0.25, -0.2) is 0 Å². The Hall–Kier alpha value is -0.710. The first-order valence-electron chi connectivity index (χ1n) is 5.78. The lowest BCUT2D eigenvalue weighted by molar-refractivity contribution is 0.163. The molecule has 0 fully saturated rings. The van der Waals surface area contributed by atoms with Crippen molar-refractivity contribution in [3.8, 4) is 0 Å². The molecule has 0 bridgehead atoms. The number of nitrogens with zero attached hydrogens (tertiary/aromatic N) is 1. The maximum Gasteiger partial charge on any atom is 0.0524 e. The standard InChI is InChI=1S/C13H21NO2S/c1-11(15)8-9-14(2)10-12-4-6-13(7-5-12)17(3)16/h4-7,11,15H,8-10H2,1-3H3. The van der Waals surface area contributed by atoms with Crippen LogP contribution < -0.4 is 0 Å². The summed E-state index contributed by atoms with van der Waals surface area (Å²) in [5.41, 5.74) is 1.20. The first-order valence-corrected chi connectivity index (χ1v) is 7.34. The van der Waals surface area contributed by atoms with Crippen LogP contribution in [0.15, 0.2) is 29.2 Å². The molecule has 0 saturated carbocycles. The molecule has 0 aromatic heterocycles. The van der Waals surface area contributed by atoms with Gasteiger partial charge < -0.3 is 10.0 Å². The summed E-state index contributed by atoms with van der Waals surface area (Å²) in [5.74, 6) is 0. The van der Waals surface area contributed by atoms with Crippen LogP contribution in [0.4, 0.5) is 0 Å². The highest BCUT2D eigenvalue weighted by molar-refractivity contribution is 7.84. The van der Waals surface area contributed by atoms with Crippen molar-refractivity contribution in [2.45, 2.75) is 30.9 Å². The van der Waals surface area contributed by atoms with E-state index in [0.29, 0.717) is 0 Å². The Morgan fingerprint density at radius 3 is 2.41 bits per heavy atom. The molecule has 0 amide bonds. The summed E-state index contributed by atoms with van der Waals surface area (Å²) in [5, 5.41) is 9.20. The van der Waals surface area contributed by atoms with Crippen LogP contribution in [0.2, 0.25) is 0 Å². The summed E-state index contributed by atoms with van der Waals surface area (Å²) in [6, 6.07) is 7.84. The van der Waals surface area contributed by atoms with E-state index in [1.807, 2.05) is 31.3 Å². The molecule has 2 unspecified atom stereocenters. The van der Waals surface area contributed by atoms with Gasteiger partial charge in [0.1, 0.15) is 0 Å². The summed E-state index contributed by atoms with van der Waals surface area (Å²) in [4.78, 5) is 3.03. The molecule has 4 heteroatoms. The molecule has 17 heavy (non-hydrogen) atoms. The Labute approximate surface area is 106 Å². The molecule has 3 nitrogen and oxygen atoms in total. The molecule has 0 radical (unpaired) electrons. The molecule has 1 N–H and O–H groups in total. The van der Waals surface area contributed by atoms with Crippen LogP contribution in [-0.4, -0.2) is 40.2 Å². The SMILES string of the molecule is CC(O)CCN(C)Cc1ccc(S(C)=O)cc1. The Kier molecular flexibility index (Phi) is 5.82. The van der Waals surface area contributed by atoms with E-state index in [2.05, 4.69) is 4.90 Å². The van der Waals surface area contributed by atoms with E-state index in [1.165, 1.54) is 5.56 Å². The second kappa shape index (κ2) is 6.89. The zero-order valence-electron chi connectivity index (χ0n) is 10.7. The van der Waals surface area contributed by atoms with Crippen molar-refractivity contribution in [2.75, 3.05) is 19.8 Å². The minimum Gasteiger partial charge on any atom is -0.393 e. The van der Waals surface area contributed by atoms with Crippen LogP contribution in [0, 0.1) is 0 Å². The third-order valence-electron chi connectivity index (χ3n) is 2.64. The zero-order valence-corrected chi connectivity index (χ0v) is 11.5. The molecule has 0 aliphatic rings. The van der Waals surface area contributed by atoms with Crippen molar-refractivity contribution in [1.29, 1.82) is 0 Å². The average molecular weight is 255 g/mol. The van der Waals surface area contributed by atoms with Crippen molar-refractivity contribution in [2.24, 2.45) is 0 Å². The van der Waals surface area contributed by atoms with Crippen molar-refractivity contribution in [1.82, 2.24) is 4.90 Å². The maximum atomic E-state index is 11.2. The average Bonchev–Trinajstić information content (AvgIpc) is 2.27. The molecular weight excluding hydrogens is 234 g/mol. The van der Waals surface area contributed by atoms with Gasteiger partial charge >= 0.3 is 0 Å². The Bertz CT molecular complexity index is 362. The van der Waals surface area contributed by atoms with Gasteiger partial charge in [-0.2, -0.15) is 0 Å². The van der Waals surface area contributed by atoms with Gasteiger partial charge in [-0.3, -0.25) is 4.21 Å². The third kappa shape index (κ3) is 5.44. The van der Waals surface area contributed by atoms with E-state index >= 15 is 0 Å². The predicted molar refractivity (Wildman–Crippen MR) is 71.4 cm³/mol. The van der Waals surface area contributed by atoms with Gasteiger partial charge in [0.15, 0.2) is 0 Å². The fraction of sp³-hybridized carbons (Fsp3) is 0.538. The monoisotopic (exact) mass is 255 g/mol. The van der Waals surface area contributed by atoms with E-state index in [4.69, 9.17) is 0 Å². The number of rotatable bonds is 6. The fourth-order valence-corrected chi connectivity index (χ4v) is 2.10. The fourth-order valence-electron chi connectivity index (χ4n) is 1.58. The normalized spacial score (nSPS) is 14.9. The van der Waals surface area contributed by atoms with E-state index in [9.17, 15) is 9.32 Å². The Morgan fingerprint density at radius 1 is 1.35 bits per heavy atom. The molecule has 1 rings (SSSR count). The summed E-state index contributed by atoms with van der Waals surface area (Å²) in [6.07, 6.45) is 2.22. The Morgan fingerprint density at radius 2 is 1.94 bits per heavy atom. The quantitative estimate of drug-likeness (QED) is 0.840. The first kappa shape index (κ1) is 14.4. The molecule has 0 aliphatic heterocycles. The number of hydrogen-bond acceptors (Lipinski definition) is 3. The largest absolute Gasteiger partial charge is 0.393 e. The van der Waals surface area contributed by atoms with Crippen LogP contribution in [0.3, 0.4) is 0 Å². The lowest BCUT2D eigenvalue weighted by Gasteiger charge is -2.17. The van der Waals surface area contributed by atoms with Crippen LogP contribution in [0.5, 0.6) is 0 Å². The number of benzene rings is 1. The number of hydrogen-bond donors (Lipinski definition) is 1. The molecule has 0 saturated heterocycles. The third-order valence-corrected chi connectivity index (χ3v) is 3.57. The van der Waals surface area contributed by atoms with Gasteiger partial charge in [0.2, 0.25) is 0 Å². The van der Waals surface area contributed by atoms with Gasteiger partial charge in [0.25, 0.3) is 0 Å². The van der Waals surface area contributed by atoms with Crippen LogP contribution in [-0.2, 0) is 17.3 Å². The zero-order chi connectivity index (χ0) is 12.8. The van der Waals surface area contributed by atoms with Crippen LogP contribution >= 0.6 is 0 Å². The van der Waals surface area contributed by atoms with E-state index in [-0.39, 0.29) is 6.10 Å². The minimum absolute atomic E-state index is 0.248. The number of aliphatic hydroxyl groups is 1. The highest BCUT2D eigenvalue weighted by atomic mass is 32.2. The highest BCUT2D eigenvalue weighted by Gasteiger charge is 2.03. The molecule has 96 valence electrons. The smallest absolute Gasteiger partial charge is 0.0524 e. The molecule has 2 atom stereocenters. The Balaban J connectivity index is 2.48. The molecule has 1 aromatic carbocycles. The highest BCUT2D eigenvalue weighted by Crippen LogP contribution is 2.09. The van der Waals surface area contributed by atoms with E-state index < -0.39 is 10.8 Å². The maximum absolute atomic E-state index is 11.2. The van der Waals surface area contributed by atoms with Gasteiger partial charge in [-0.1, -0.05) is 12.1 Å². The second-order valence-corrected chi connectivity index (χ2v) is 5.85. The second-order valence-electron chi connectivity index (χ2n) is 4.47. The summed E-state index contributed by atoms with van der Waals surface area (Å²) in [6.45, 7) is 3.53. The van der Waals surface area contributed by atoms with Gasteiger partial charge in [0.05, 0.1) is 6.10 Å². The van der Waals surface area contributed by atoms with Crippen LogP contribution in [0.25, 0.3) is 0 Å². The van der Waals surface area contributed by atoms with Gasteiger partial charge in [0, 0.05) is 35.0 Å². The lowest BCUT2D eigenvalue weighted by Crippen LogP contribution is -2.22. The van der Waals surface area contributed by atoms with Crippen molar-refractivity contribution >= 4 is 10.8 Å². The molecule has 0 aliphatic carbocycles. The molecule has 0 heterocycles. The topological polar surface area (TPSA) is 40.5 Å². The van der Waals surface area contributed by atoms with Crippen molar-refractivity contribution < 1.29 is 9.32 Å². The molecular formula is C13H21NO2S. The van der Waals surface area contributed by atoms with E-state index in [0.717, 1.165) is 24.4 Å². The van der Waals surface area contributed by atoms with Crippen molar-refractivity contribution in [3.63, 3.8) is 0 Å². The summed E-state index contributed by atoms with van der Waals surface area (Å²) in [7, 11) is 1.13. The van der Waals surface area contributed by atoms with Crippen molar-refractivity contribution in [3.05, 3.63) is 29.8 Å². The number of aliphatic hydroxyl groups excluding tert-OH is 1. The summed E-state index contributed by atoms with van der Waals surface area (Å²) >= 11 is 0. The lowest BCUT2D eigenvalue weighted by atomic mass is 10.2. The van der Waals surface area contributed by atoms with Gasteiger partial charge in [-0.15, -0.1) is 0 Å².